The number of urea groups is 1. The lowest BCUT2D eigenvalue weighted by Crippen LogP contribution is -2.54. The Bertz CT molecular complexity index is 1190. The van der Waals surface area contributed by atoms with Crippen molar-refractivity contribution < 1.29 is 23.9 Å². The van der Waals surface area contributed by atoms with Crippen LogP contribution in [0.4, 0.5) is 10.5 Å². The standard InChI is InChI=1S/C22H17BrClN3O5/c1-3-31-18-9-13(16(23)11-19(18)32-7-6-25)8-15-20(28)26-22(30)27(21(15)29)14-5-4-12(2)17(24)10-14/h4-5,8-11H,3,7H2,1-2H3,(H,26,28,30)/b15-8-. The van der Waals surface area contributed by atoms with Gasteiger partial charge in [0.15, 0.2) is 18.1 Å². The van der Waals surface area contributed by atoms with Gasteiger partial charge in [-0.2, -0.15) is 5.26 Å². The third-order valence-electron chi connectivity index (χ3n) is 4.47. The second-order valence-electron chi connectivity index (χ2n) is 6.59. The molecule has 0 bridgehead atoms. The van der Waals surface area contributed by atoms with E-state index >= 15 is 0 Å². The fourth-order valence-electron chi connectivity index (χ4n) is 2.92. The minimum absolute atomic E-state index is 0.177. The van der Waals surface area contributed by atoms with Crippen LogP contribution in [0.2, 0.25) is 5.02 Å². The van der Waals surface area contributed by atoms with Gasteiger partial charge in [-0.25, -0.2) is 9.69 Å². The average molecular weight is 519 g/mol. The first-order valence-electron chi connectivity index (χ1n) is 9.40. The van der Waals surface area contributed by atoms with Crippen LogP contribution in [0.3, 0.4) is 0 Å². The molecule has 8 nitrogen and oxygen atoms in total. The number of aryl methyl sites for hydroxylation is 1. The SMILES string of the molecule is CCOc1cc(/C=C2/C(=O)NC(=O)N(c3ccc(C)c(Cl)c3)C2=O)c(Br)cc1OCC#N. The van der Waals surface area contributed by atoms with Gasteiger partial charge in [-0.1, -0.05) is 33.6 Å². The quantitative estimate of drug-likeness (QED) is 0.449. The Morgan fingerprint density at radius 3 is 2.56 bits per heavy atom. The van der Waals surface area contributed by atoms with Crippen LogP contribution in [0.25, 0.3) is 6.08 Å². The molecule has 1 heterocycles. The van der Waals surface area contributed by atoms with Gasteiger partial charge in [-0.3, -0.25) is 14.9 Å². The van der Waals surface area contributed by atoms with Crippen molar-refractivity contribution in [1.82, 2.24) is 5.32 Å². The number of imide groups is 2. The lowest BCUT2D eigenvalue weighted by molar-refractivity contribution is -0.122. The molecule has 2 aromatic carbocycles. The van der Waals surface area contributed by atoms with Gasteiger partial charge < -0.3 is 9.47 Å². The summed E-state index contributed by atoms with van der Waals surface area (Å²) >= 11 is 9.52. The van der Waals surface area contributed by atoms with Gasteiger partial charge in [0.05, 0.1) is 12.3 Å². The maximum atomic E-state index is 13.1. The third-order valence-corrected chi connectivity index (χ3v) is 5.56. The topological polar surface area (TPSA) is 109 Å². The van der Waals surface area contributed by atoms with Crippen LogP contribution in [0.1, 0.15) is 18.1 Å². The summed E-state index contributed by atoms with van der Waals surface area (Å²) < 4.78 is 11.4. The van der Waals surface area contributed by atoms with E-state index in [1.54, 1.807) is 38.1 Å². The summed E-state index contributed by atoms with van der Waals surface area (Å²) in [5.41, 5.74) is 1.19. The predicted octanol–water partition coefficient (Wildman–Crippen LogP) is 4.38. The van der Waals surface area contributed by atoms with Crippen molar-refractivity contribution in [1.29, 1.82) is 5.26 Å². The third kappa shape index (κ3) is 4.77. The monoisotopic (exact) mass is 517 g/mol. The number of amides is 4. The number of nitriles is 1. The highest BCUT2D eigenvalue weighted by Gasteiger charge is 2.37. The van der Waals surface area contributed by atoms with Crippen LogP contribution < -0.4 is 19.7 Å². The van der Waals surface area contributed by atoms with Crippen molar-refractivity contribution in [3.63, 3.8) is 0 Å². The van der Waals surface area contributed by atoms with Crippen LogP contribution in [0.5, 0.6) is 11.5 Å². The number of hydrogen-bond acceptors (Lipinski definition) is 6. The number of carbonyl (C=O) groups excluding carboxylic acids is 3. The largest absolute Gasteiger partial charge is 0.490 e. The van der Waals surface area contributed by atoms with Gasteiger partial charge in [0.2, 0.25) is 0 Å². The van der Waals surface area contributed by atoms with Gasteiger partial charge >= 0.3 is 6.03 Å². The number of carbonyl (C=O) groups is 3. The number of nitrogens with one attached hydrogen (secondary N) is 1. The second kappa shape index (κ2) is 9.85. The Labute approximate surface area is 197 Å². The smallest absolute Gasteiger partial charge is 0.335 e. The maximum Gasteiger partial charge on any atom is 0.335 e. The molecule has 1 aliphatic rings. The molecule has 0 atom stereocenters. The van der Waals surface area contributed by atoms with Crippen molar-refractivity contribution >= 4 is 57.1 Å². The van der Waals surface area contributed by atoms with E-state index in [2.05, 4.69) is 21.2 Å². The van der Waals surface area contributed by atoms with Crippen molar-refractivity contribution in [2.24, 2.45) is 0 Å². The lowest BCUT2D eigenvalue weighted by atomic mass is 10.1. The van der Waals surface area contributed by atoms with E-state index in [1.165, 1.54) is 12.1 Å². The Kier molecular flexibility index (Phi) is 7.18. The molecular weight excluding hydrogens is 502 g/mol. The summed E-state index contributed by atoms with van der Waals surface area (Å²) in [6.45, 7) is 3.72. The first-order valence-corrected chi connectivity index (χ1v) is 10.6. The lowest BCUT2D eigenvalue weighted by Gasteiger charge is -2.26. The van der Waals surface area contributed by atoms with Crippen LogP contribution >= 0.6 is 27.5 Å². The molecule has 0 spiro atoms. The molecule has 32 heavy (non-hydrogen) atoms. The summed E-state index contributed by atoms with van der Waals surface area (Å²) in [4.78, 5) is 38.8. The number of halogens is 2. The van der Waals surface area contributed by atoms with E-state index in [1.807, 2.05) is 6.07 Å². The fraction of sp³-hybridized carbons (Fsp3) is 0.182. The molecule has 1 saturated heterocycles. The number of rotatable bonds is 6. The van der Waals surface area contributed by atoms with Crippen LogP contribution in [-0.2, 0) is 9.59 Å². The van der Waals surface area contributed by atoms with Gasteiger partial charge in [-0.05, 0) is 55.3 Å². The van der Waals surface area contributed by atoms with Crippen molar-refractivity contribution in [3.05, 3.63) is 56.5 Å². The van der Waals surface area contributed by atoms with Gasteiger partial charge in [0.1, 0.15) is 11.6 Å². The van der Waals surface area contributed by atoms with Crippen molar-refractivity contribution in [3.8, 4) is 17.6 Å². The summed E-state index contributed by atoms with van der Waals surface area (Å²) in [6, 6.07) is 8.86. The molecule has 0 radical (unpaired) electrons. The van der Waals surface area contributed by atoms with Gasteiger partial charge in [0.25, 0.3) is 11.8 Å². The number of hydrogen-bond donors (Lipinski definition) is 1. The zero-order chi connectivity index (χ0) is 23.4. The first-order chi connectivity index (χ1) is 15.3. The van der Waals surface area contributed by atoms with E-state index in [4.69, 9.17) is 26.3 Å². The predicted molar refractivity (Wildman–Crippen MR) is 122 cm³/mol. The number of ether oxygens (including phenoxy) is 2. The highest BCUT2D eigenvalue weighted by atomic mass is 79.9. The molecule has 2 aromatic rings. The average Bonchev–Trinajstić information content (AvgIpc) is 2.74. The van der Waals surface area contributed by atoms with Crippen LogP contribution in [-0.4, -0.2) is 31.1 Å². The Balaban J connectivity index is 2.04. The van der Waals surface area contributed by atoms with Crippen molar-refractivity contribution in [2.45, 2.75) is 13.8 Å². The summed E-state index contributed by atoms with van der Waals surface area (Å²) in [6.07, 6.45) is 1.34. The Morgan fingerprint density at radius 2 is 1.91 bits per heavy atom. The number of nitrogens with zero attached hydrogens (tertiary/aromatic N) is 2. The van der Waals surface area contributed by atoms with E-state index in [9.17, 15) is 14.4 Å². The normalized spacial score (nSPS) is 14.9. The Morgan fingerprint density at radius 1 is 1.19 bits per heavy atom. The molecule has 0 aromatic heterocycles. The minimum Gasteiger partial charge on any atom is -0.490 e. The molecule has 164 valence electrons. The van der Waals surface area contributed by atoms with Gasteiger partial charge in [0, 0.05) is 9.50 Å². The van der Waals surface area contributed by atoms with Gasteiger partial charge in [-0.15, -0.1) is 0 Å². The van der Waals surface area contributed by atoms with E-state index in [-0.39, 0.29) is 17.9 Å². The zero-order valence-electron chi connectivity index (χ0n) is 17.1. The molecular formula is C22H17BrClN3O5. The molecule has 0 unspecified atom stereocenters. The molecule has 1 aliphatic heterocycles. The molecule has 4 amide bonds. The number of barbiturate groups is 1. The van der Waals surface area contributed by atoms with Crippen molar-refractivity contribution in [2.75, 3.05) is 18.1 Å². The number of anilines is 1. The summed E-state index contributed by atoms with van der Waals surface area (Å²) in [5.74, 6) is -0.967. The highest BCUT2D eigenvalue weighted by Crippen LogP contribution is 2.35. The zero-order valence-corrected chi connectivity index (χ0v) is 19.4. The van der Waals surface area contributed by atoms with E-state index in [0.29, 0.717) is 33.2 Å². The summed E-state index contributed by atoms with van der Waals surface area (Å²) in [5, 5.41) is 11.3. The molecule has 3 rings (SSSR count). The van der Waals surface area contributed by atoms with E-state index < -0.39 is 17.8 Å². The number of benzene rings is 2. The Hall–Kier alpha value is -3.35. The van der Waals surface area contributed by atoms with E-state index in [0.717, 1.165) is 10.5 Å². The maximum absolute atomic E-state index is 13.1. The first kappa shape index (κ1) is 23.3. The minimum atomic E-state index is -0.869. The molecule has 1 fully saturated rings. The summed E-state index contributed by atoms with van der Waals surface area (Å²) in [7, 11) is 0. The molecule has 0 aliphatic carbocycles. The molecule has 0 saturated carbocycles. The molecule has 10 heteroatoms. The highest BCUT2D eigenvalue weighted by molar-refractivity contribution is 9.10. The van der Waals surface area contributed by atoms with Crippen LogP contribution in [0.15, 0.2) is 40.4 Å². The fourth-order valence-corrected chi connectivity index (χ4v) is 3.53. The molecule has 1 N–H and O–H groups in total. The van der Waals surface area contributed by atoms with Crippen LogP contribution in [0, 0.1) is 18.3 Å². The second-order valence-corrected chi connectivity index (χ2v) is 7.85.